The van der Waals surface area contributed by atoms with E-state index < -0.39 is 0 Å². The van der Waals surface area contributed by atoms with Crippen molar-refractivity contribution in [3.05, 3.63) is 0 Å². The second kappa shape index (κ2) is 22.2. The SMILES string of the molecule is C#CC[N+](CCCCCCCCC)(CCCCCCCCC)C(I)CCC.[Cl-]. The summed E-state index contributed by atoms with van der Waals surface area (Å²) in [7, 11) is 0. The van der Waals surface area contributed by atoms with Gasteiger partial charge in [-0.25, -0.2) is 0 Å². The predicted molar refractivity (Wildman–Crippen MR) is 132 cm³/mol. The van der Waals surface area contributed by atoms with Gasteiger partial charge in [-0.2, -0.15) is 0 Å². The molecule has 0 N–H and O–H groups in total. The fourth-order valence-electron chi connectivity index (χ4n) is 4.11. The first kappa shape index (κ1) is 30.7. The van der Waals surface area contributed by atoms with E-state index in [2.05, 4.69) is 49.3 Å². The monoisotopic (exact) mass is 525 g/mol. The standard InChI is InChI=1S/C25H49IN.ClH/c1-5-9-11-13-15-17-19-23-27(22-8-4,25(26)21-7-3)24-20-18-16-14-12-10-6-2;/h4,25H,5-7,9-24H2,1-3H3;1H/q+1;/p-1. The predicted octanol–water partition coefficient (Wildman–Crippen LogP) is 5.50. The highest BCUT2D eigenvalue weighted by molar-refractivity contribution is 14.1. The average Bonchev–Trinajstić information content (AvgIpc) is 2.66. The van der Waals surface area contributed by atoms with E-state index >= 15 is 0 Å². The maximum atomic E-state index is 5.85. The molecule has 0 aliphatic heterocycles. The number of hydrogen-bond donors (Lipinski definition) is 0. The van der Waals surface area contributed by atoms with Crippen LogP contribution in [0.15, 0.2) is 0 Å². The van der Waals surface area contributed by atoms with E-state index in [4.69, 9.17) is 6.42 Å². The normalized spacial score (nSPS) is 12.4. The number of nitrogens with zero attached hydrogens (tertiary/aromatic N) is 1. The van der Waals surface area contributed by atoms with E-state index in [0.717, 1.165) is 6.54 Å². The Morgan fingerprint density at radius 3 is 1.43 bits per heavy atom. The van der Waals surface area contributed by atoms with Crippen molar-refractivity contribution in [1.82, 2.24) is 0 Å². The van der Waals surface area contributed by atoms with Crippen LogP contribution >= 0.6 is 22.6 Å². The topological polar surface area (TPSA) is 0 Å². The van der Waals surface area contributed by atoms with Gasteiger partial charge in [-0.15, -0.1) is 6.42 Å². The van der Waals surface area contributed by atoms with E-state index in [9.17, 15) is 0 Å². The van der Waals surface area contributed by atoms with Crippen LogP contribution in [0.5, 0.6) is 0 Å². The van der Waals surface area contributed by atoms with Crippen LogP contribution in [0.25, 0.3) is 0 Å². The first-order chi connectivity index (χ1) is 13.2. The molecule has 0 radical (unpaired) electrons. The molecule has 0 bridgehead atoms. The molecule has 1 atom stereocenters. The van der Waals surface area contributed by atoms with Crippen molar-refractivity contribution in [2.75, 3.05) is 19.6 Å². The fraction of sp³-hybridized carbons (Fsp3) is 0.920. The highest BCUT2D eigenvalue weighted by Crippen LogP contribution is 2.27. The smallest absolute Gasteiger partial charge is 0.141 e. The summed E-state index contributed by atoms with van der Waals surface area (Å²) in [5, 5.41) is 0. The van der Waals surface area contributed by atoms with Gasteiger partial charge >= 0.3 is 0 Å². The van der Waals surface area contributed by atoms with Crippen LogP contribution < -0.4 is 12.4 Å². The van der Waals surface area contributed by atoms with Crippen LogP contribution in [-0.4, -0.2) is 28.2 Å². The van der Waals surface area contributed by atoms with Gasteiger partial charge in [0, 0.05) is 6.42 Å². The van der Waals surface area contributed by atoms with Gasteiger partial charge in [-0.1, -0.05) is 85.0 Å². The Morgan fingerprint density at radius 1 is 0.679 bits per heavy atom. The maximum absolute atomic E-state index is 5.85. The summed E-state index contributed by atoms with van der Waals surface area (Å²) in [5.41, 5.74) is 0. The minimum atomic E-state index is 0. The molecule has 0 saturated carbocycles. The van der Waals surface area contributed by atoms with E-state index in [1.165, 1.54) is 120 Å². The Morgan fingerprint density at radius 2 is 1.07 bits per heavy atom. The van der Waals surface area contributed by atoms with Crippen LogP contribution in [0.2, 0.25) is 0 Å². The van der Waals surface area contributed by atoms with Gasteiger partial charge in [0.2, 0.25) is 0 Å². The van der Waals surface area contributed by atoms with Crippen molar-refractivity contribution in [3.8, 4) is 12.3 Å². The van der Waals surface area contributed by atoms with E-state index in [1.807, 2.05) is 0 Å². The molecule has 0 rings (SSSR count). The minimum absolute atomic E-state index is 0. The molecular weight excluding hydrogens is 477 g/mol. The molecular formula is C25H49ClIN. The first-order valence-corrected chi connectivity index (χ1v) is 13.3. The van der Waals surface area contributed by atoms with E-state index in [1.54, 1.807) is 0 Å². The van der Waals surface area contributed by atoms with Crippen LogP contribution in [-0.2, 0) is 0 Å². The lowest BCUT2D eigenvalue weighted by atomic mass is 10.1. The summed E-state index contributed by atoms with van der Waals surface area (Å²) in [6.45, 7) is 10.4. The quantitative estimate of drug-likeness (QED) is 0.0491. The zero-order valence-electron chi connectivity index (χ0n) is 19.3. The summed E-state index contributed by atoms with van der Waals surface area (Å²) in [6, 6.07) is 0. The van der Waals surface area contributed by atoms with Gasteiger partial charge in [0.05, 0.1) is 13.1 Å². The molecule has 0 aliphatic carbocycles. The number of hydrogen-bond acceptors (Lipinski definition) is 0. The molecule has 3 heteroatoms. The molecule has 0 fully saturated rings. The van der Waals surface area contributed by atoms with Gasteiger partial charge in [0.15, 0.2) is 0 Å². The van der Waals surface area contributed by atoms with Crippen molar-refractivity contribution >= 4 is 22.6 Å². The summed E-state index contributed by atoms with van der Waals surface area (Å²) < 4.78 is 1.86. The Hall–Kier alpha value is 0.540. The average molecular weight is 526 g/mol. The van der Waals surface area contributed by atoms with Crippen molar-refractivity contribution in [3.63, 3.8) is 0 Å². The number of rotatable bonds is 20. The lowest BCUT2D eigenvalue weighted by Gasteiger charge is -2.42. The van der Waals surface area contributed by atoms with Crippen molar-refractivity contribution in [2.24, 2.45) is 0 Å². The van der Waals surface area contributed by atoms with Crippen LogP contribution in [0, 0.1) is 12.3 Å². The van der Waals surface area contributed by atoms with Crippen LogP contribution in [0.1, 0.15) is 124 Å². The Labute approximate surface area is 198 Å². The molecule has 0 spiro atoms. The molecule has 0 aromatic rings. The lowest BCUT2D eigenvalue weighted by Crippen LogP contribution is -3.00. The molecule has 0 aromatic carbocycles. The molecule has 0 saturated heterocycles. The molecule has 0 aliphatic rings. The first-order valence-electron chi connectivity index (χ1n) is 12.1. The largest absolute Gasteiger partial charge is 1.00 e. The highest BCUT2D eigenvalue weighted by Gasteiger charge is 2.32. The van der Waals surface area contributed by atoms with Crippen LogP contribution in [0.4, 0.5) is 0 Å². The molecule has 28 heavy (non-hydrogen) atoms. The maximum Gasteiger partial charge on any atom is 0.141 e. The van der Waals surface area contributed by atoms with E-state index in [0.29, 0.717) is 4.05 Å². The number of alkyl halides is 1. The molecule has 1 nitrogen and oxygen atoms in total. The highest BCUT2D eigenvalue weighted by atomic mass is 127. The third kappa shape index (κ3) is 15.4. The third-order valence-electron chi connectivity index (χ3n) is 5.94. The van der Waals surface area contributed by atoms with Gasteiger partial charge in [0.1, 0.15) is 10.6 Å². The Bertz CT molecular complexity index is 335. The molecule has 168 valence electrons. The summed E-state index contributed by atoms with van der Waals surface area (Å²) in [5.74, 6) is 3.05. The van der Waals surface area contributed by atoms with Crippen molar-refractivity contribution in [2.45, 2.75) is 128 Å². The molecule has 0 aromatic heterocycles. The summed E-state index contributed by atoms with van der Waals surface area (Å²) in [4.78, 5) is 0. The second-order valence-corrected chi connectivity index (χ2v) is 9.93. The number of quaternary nitrogens is 1. The van der Waals surface area contributed by atoms with Gasteiger partial charge < -0.3 is 16.9 Å². The Balaban J connectivity index is 0. The van der Waals surface area contributed by atoms with Gasteiger partial charge in [-0.3, -0.25) is 0 Å². The summed E-state index contributed by atoms with van der Waals surface area (Å²) in [6.07, 6.45) is 27.9. The van der Waals surface area contributed by atoms with Gasteiger partial charge in [-0.05, 0) is 60.6 Å². The van der Waals surface area contributed by atoms with E-state index in [-0.39, 0.29) is 12.4 Å². The third-order valence-corrected chi connectivity index (χ3v) is 7.75. The number of halogens is 2. The summed E-state index contributed by atoms with van der Waals surface area (Å²) >= 11 is 2.72. The number of terminal acetylenes is 1. The van der Waals surface area contributed by atoms with Crippen molar-refractivity contribution in [1.29, 1.82) is 0 Å². The van der Waals surface area contributed by atoms with Crippen molar-refractivity contribution < 1.29 is 16.9 Å². The molecule has 1 unspecified atom stereocenters. The van der Waals surface area contributed by atoms with Crippen LogP contribution in [0.3, 0.4) is 0 Å². The number of unbranched alkanes of at least 4 members (excludes halogenated alkanes) is 12. The van der Waals surface area contributed by atoms with Gasteiger partial charge in [0.25, 0.3) is 0 Å². The molecule has 0 heterocycles. The zero-order valence-corrected chi connectivity index (χ0v) is 22.2. The Kier molecular flexibility index (Phi) is 24.4. The zero-order chi connectivity index (χ0) is 20.2. The molecule has 0 amide bonds. The minimum Gasteiger partial charge on any atom is -1.00 e. The lowest BCUT2D eigenvalue weighted by molar-refractivity contribution is -0.928. The second-order valence-electron chi connectivity index (χ2n) is 8.49. The fourth-order valence-corrected chi connectivity index (χ4v) is 5.49.